The summed E-state index contributed by atoms with van der Waals surface area (Å²) >= 11 is 0. The molecule has 1 saturated heterocycles. The number of carbonyl (C=O) groups excluding carboxylic acids is 4. The van der Waals surface area contributed by atoms with Gasteiger partial charge in [-0.25, -0.2) is 4.79 Å². The van der Waals surface area contributed by atoms with E-state index in [0.717, 1.165) is 27.8 Å². The van der Waals surface area contributed by atoms with E-state index in [0.29, 0.717) is 12.1 Å². The van der Waals surface area contributed by atoms with Crippen LogP contribution in [0.15, 0.2) is 103 Å². The molecule has 0 unspecified atom stereocenters. The third kappa shape index (κ3) is 9.34. The molecule has 6 rings (SSSR count). The molecule has 3 N–H and O–H groups in total. The van der Waals surface area contributed by atoms with E-state index in [4.69, 9.17) is 4.74 Å². The molecule has 4 aromatic carbocycles. The van der Waals surface area contributed by atoms with Crippen LogP contribution < -0.4 is 10.6 Å². The van der Waals surface area contributed by atoms with Crippen LogP contribution in [0.1, 0.15) is 69.1 Å². The van der Waals surface area contributed by atoms with Crippen molar-refractivity contribution in [2.24, 2.45) is 0 Å². The Morgan fingerprint density at radius 1 is 0.897 bits per heavy atom. The highest BCUT2D eigenvalue weighted by atomic mass is 16.6. The summed E-state index contributed by atoms with van der Waals surface area (Å²) in [5.74, 6) is -3.06. The number of nitro benzene ring substituents is 1. The average Bonchev–Trinajstić information content (AvgIpc) is 3.82. The number of fused-ring (bicyclic) bond motifs is 3. The Hall–Kier alpha value is -6.57. The highest BCUT2D eigenvalue weighted by Gasteiger charge is 2.45. The quantitative estimate of drug-likeness (QED) is 0.0942. The van der Waals surface area contributed by atoms with Gasteiger partial charge in [-0.1, -0.05) is 78.9 Å². The second-order valence-corrected chi connectivity index (χ2v) is 15.5. The lowest BCUT2D eigenvalue weighted by Crippen LogP contribution is -2.62. The van der Waals surface area contributed by atoms with Crippen LogP contribution >= 0.6 is 0 Å². The number of non-ortho nitro benzene ring substituents is 1. The van der Waals surface area contributed by atoms with Gasteiger partial charge in [0.05, 0.1) is 4.92 Å². The largest absolute Gasteiger partial charge is 0.481 e. The van der Waals surface area contributed by atoms with Gasteiger partial charge in [0.25, 0.3) is 5.69 Å². The Labute approximate surface area is 336 Å². The maximum absolute atomic E-state index is 14.8. The van der Waals surface area contributed by atoms with Crippen molar-refractivity contribution in [3.8, 4) is 11.1 Å². The summed E-state index contributed by atoms with van der Waals surface area (Å²) in [7, 11) is 0. The molecule has 0 bridgehead atoms. The van der Waals surface area contributed by atoms with Gasteiger partial charge in [-0.05, 0) is 80.0 Å². The molecule has 0 aromatic heterocycles. The first kappa shape index (κ1) is 41.1. The van der Waals surface area contributed by atoms with Gasteiger partial charge in [0.15, 0.2) is 0 Å². The average molecular weight is 790 g/mol. The van der Waals surface area contributed by atoms with E-state index in [1.165, 1.54) is 34.1 Å². The fraction of sp³-hybridized carbons (Fsp3) is 0.341. The second-order valence-electron chi connectivity index (χ2n) is 15.5. The van der Waals surface area contributed by atoms with Crippen molar-refractivity contribution in [1.82, 2.24) is 15.1 Å². The van der Waals surface area contributed by atoms with Crippen molar-refractivity contribution in [3.05, 3.63) is 130 Å². The third-order valence-electron chi connectivity index (χ3n) is 10.6. The second kappa shape index (κ2) is 17.7. The number of nitro groups is 1. The molecular weight excluding hydrogens is 743 g/mol. The molecule has 2 aliphatic rings. The predicted molar refractivity (Wildman–Crippen MR) is 216 cm³/mol. The number of ether oxygens (including phenoxy) is 1. The maximum atomic E-state index is 14.8. The number of carboxylic acids is 1. The lowest BCUT2D eigenvalue weighted by atomic mass is 9.95. The highest BCUT2D eigenvalue weighted by Crippen LogP contribution is 2.44. The molecule has 1 fully saturated rings. The number of anilines is 1. The third-order valence-corrected chi connectivity index (χ3v) is 10.6. The van der Waals surface area contributed by atoms with E-state index in [9.17, 15) is 39.2 Å². The molecule has 0 spiro atoms. The number of benzene rings is 4. The Bertz CT molecular complexity index is 2120. The maximum Gasteiger partial charge on any atom is 0.407 e. The molecule has 14 nitrogen and oxygen atoms in total. The topological polar surface area (TPSA) is 188 Å². The molecular formula is C44H47N5O9. The summed E-state index contributed by atoms with van der Waals surface area (Å²) in [5.41, 5.74) is 4.08. The van der Waals surface area contributed by atoms with Crippen LogP contribution in [0, 0.1) is 10.1 Å². The minimum absolute atomic E-state index is 0.0180. The number of hydrogen-bond acceptors (Lipinski definition) is 8. The minimum Gasteiger partial charge on any atom is -0.481 e. The summed E-state index contributed by atoms with van der Waals surface area (Å²) in [6.07, 6.45) is -0.719. The van der Waals surface area contributed by atoms with E-state index >= 15 is 0 Å². The van der Waals surface area contributed by atoms with Crippen LogP contribution in [-0.4, -0.2) is 86.4 Å². The summed E-state index contributed by atoms with van der Waals surface area (Å²) < 4.78 is 5.71. The predicted octanol–water partition coefficient (Wildman–Crippen LogP) is 6.53. The molecule has 4 amide bonds. The van der Waals surface area contributed by atoms with E-state index in [-0.39, 0.29) is 44.0 Å². The van der Waals surface area contributed by atoms with Crippen LogP contribution in [0.4, 0.5) is 16.2 Å². The zero-order valence-corrected chi connectivity index (χ0v) is 32.6. The summed E-state index contributed by atoms with van der Waals surface area (Å²) in [6.45, 7) is 5.52. The smallest absolute Gasteiger partial charge is 0.407 e. The molecule has 4 aromatic rings. The minimum atomic E-state index is -1.31. The lowest BCUT2D eigenvalue weighted by Gasteiger charge is -2.43. The van der Waals surface area contributed by atoms with Gasteiger partial charge in [-0.2, -0.15) is 0 Å². The number of aliphatic carboxylic acids is 1. The number of amides is 4. The number of hydrogen-bond donors (Lipinski definition) is 3. The van der Waals surface area contributed by atoms with E-state index in [1.54, 1.807) is 20.8 Å². The SMILES string of the molecule is CC(C)(C)N(C(=O)[C@@H]1CCCN1C(=O)[C@H](CCC(=O)O)NC(=O)OCC1c2ccccc2-c2ccccc21)[C@@H](Cc1ccccc1)C(=O)Nc1ccc([N+](=O)[O-])cc1. The molecule has 0 saturated carbocycles. The number of alkyl carbamates (subject to hydrolysis) is 1. The lowest BCUT2D eigenvalue weighted by molar-refractivity contribution is -0.384. The van der Waals surface area contributed by atoms with Crippen molar-refractivity contribution in [3.63, 3.8) is 0 Å². The summed E-state index contributed by atoms with van der Waals surface area (Å²) in [4.78, 5) is 82.0. The van der Waals surface area contributed by atoms with Crippen molar-refractivity contribution < 1.29 is 38.7 Å². The van der Waals surface area contributed by atoms with Crippen molar-refractivity contribution in [2.45, 2.75) is 82.5 Å². The van der Waals surface area contributed by atoms with Crippen molar-refractivity contribution in [1.29, 1.82) is 0 Å². The Morgan fingerprint density at radius 3 is 2.09 bits per heavy atom. The Balaban J connectivity index is 1.22. The molecule has 58 heavy (non-hydrogen) atoms. The first-order chi connectivity index (χ1) is 27.7. The monoisotopic (exact) mass is 789 g/mol. The fourth-order valence-electron chi connectivity index (χ4n) is 7.94. The molecule has 1 aliphatic carbocycles. The van der Waals surface area contributed by atoms with Gasteiger partial charge in [-0.15, -0.1) is 0 Å². The van der Waals surface area contributed by atoms with Gasteiger partial charge in [0, 0.05) is 48.7 Å². The van der Waals surface area contributed by atoms with Crippen molar-refractivity contribution in [2.75, 3.05) is 18.5 Å². The number of nitrogens with zero attached hydrogens (tertiary/aromatic N) is 3. The number of carbonyl (C=O) groups is 5. The normalized spacial score (nSPS) is 15.7. The molecule has 1 heterocycles. The Morgan fingerprint density at radius 2 is 1.50 bits per heavy atom. The molecule has 0 radical (unpaired) electrons. The standard InChI is InChI=1S/C44H47N5O9/c1-44(2,3)48(38(26-28-12-5-4-6-13-28)40(52)45-29-19-21-30(22-20-29)49(56)57)42(54)37-18-11-25-47(37)41(53)36(23-24-39(50)51)46-43(55)58-27-35-33-16-9-7-14-31(33)32-15-8-10-17-34(32)35/h4-10,12-17,19-22,35-38H,11,18,23-27H2,1-3H3,(H,45,52)(H,46,55)(H,50,51)/t36-,37-,38-/m0/s1. The number of rotatable bonds is 14. The van der Waals surface area contributed by atoms with Gasteiger partial charge < -0.3 is 30.3 Å². The summed E-state index contributed by atoms with van der Waals surface area (Å²) in [6, 6.07) is 26.8. The summed E-state index contributed by atoms with van der Waals surface area (Å²) in [5, 5.41) is 26.2. The number of likely N-dealkylation sites (tertiary alicyclic amines) is 1. The Kier molecular flexibility index (Phi) is 12.5. The van der Waals surface area contributed by atoms with E-state index in [2.05, 4.69) is 10.6 Å². The van der Waals surface area contributed by atoms with Gasteiger partial charge in [0.2, 0.25) is 17.7 Å². The molecule has 1 aliphatic heterocycles. The first-order valence-electron chi connectivity index (χ1n) is 19.3. The van der Waals surface area contributed by atoms with Crippen LogP contribution in [0.2, 0.25) is 0 Å². The number of nitrogens with one attached hydrogen (secondary N) is 2. The molecule has 14 heteroatoms. The van der Waals surface area contributed by atoms with Gasteiger partial charge in [0.1, 0.15) is 24.7 Å². The van der Waals surface area contributed by atoms with Crippen molar-refractivity contribution >= 4 is 41.2 Å². The number of carboxylic acid groups (broad SMARTS) is 1. The van der Waals surface area contributed by atoms with Gasteiger partial charge in [-0.3, -0.25) is 29.3 Å². The molecule has 302 valence electrons. The van der Waals surface area contributed by atoms with E-state index in [1.807, 2.05) is 78.9 Å². The zero-order valence-electron chi connectivity index (χ0n) is 32.6. The zero-order chi connectivity index (χ0) is 41.6. The van der Waals surface area contributed by atoms with Crippen LogP contribution in [0.5, 0.6) is 0 Å². The van der Waals surface area contributed by atoms with Gasteiger partial charge >= 0.3 is 12.1 Å². The highest BCUT2D eigenvalue weighted by molar-refractivity contribution is 5.99. The van der Waals surface area contributed by atoms with Crippen LogP contribution in [0.3, 0.4) is 0 Å². The molecule has 3 atom stereocenters. The van der Waals surface area contributed by atoms with Crippen LogP contribution in [-0.2, 0) is 30.3 Å². The van der Waals surface area contributed by atoms with Crippen LogP contribution in [0.25, 0.3) is 11.1 Å². The fourth-order valence-corrected chi connectivity index (χ4v) is 7.94. The van der Waals surface area contributed by atoms with E-state index < -0.39 is 64.8 Å². The first-order valence-corrected chi connectivity index (χ1v) is 19.3.